The van der Waals surface area contributed by atoms with Crippen LogP contribution < -0.4 is 9.21 Å². The van der Waals surface area contributed by atoms with Crippen LogP contribution in [0.5, 0.6) is 0 Å². The summed E-state index contributed by atoms with van der Waals surface area (Å²) in [7, 11) is -3.79. The minimum Gasteiger partial charge on any atom is -0.379 e. The van der Waals surface area contributed by atoms with Crippen LogP contribution in [0.4, 0.5) is 10.8 Å². The number of sulfonamides is 1. The van der Waals surface area contributed by atoms with Gasteiger partial charge in [0.2, 0.25) is 0 Å². The summed E-state index contributed by atoms with van der Waals surface area (Å²) in [5.41, 5.74) is 4.21. The average Bonchev–Trinajstić information content (AvgIpc) is 3.43. The predicted molar refractivity (Wildman–Crippen MR) is 173 cm³/mol. The topological polar surface area (TPSA) is 83.1 Å². The molecule has 0 bridgehead atoms. The van der Waals surface area contributed by atoms with E-state index in [1.807, 2.05) is 18.2 Å². The van der Waals surface area contributed by atoms with E-state index in [-0.39, 0.29) is 23.2 Å². The number of fused-ring (bicyclic) bond motifs is 1. The molecule has 4 aromatic rings. The molecule has 3 aromatic carbocycles. The molecule has 0 unspecified atom stereocenters. The second-order valence-corrected chi connectivity index (χ2v) is 13.0. The number of thiazole rings is 1. The smallest absolute Gasteiger partial charge is 0.264 e. The highest BCUT2D eigenvalue weighted by molar-refractivity contribution is 7.92. The number of nitrogens with zero attached hydrogens (tertiary/aromatic N) is 4. The number of para-hydroxylation sites is 1. The Morgan fingerprint density at radius 1 is 1.00 bits per heavy atom. The van der Waals surface area contributed by atoms with Gasteiger partial charge in [-0.15, -0.1) is 12.4 Å². The van der Waals surface area contributed by atoms with Crippen LogP contribution in [0.2, 0.25) is 0 Å². The number of morpholine rings is 1. The number of carbonyl (C=O) groups excluding carboxylic acids is 1. The molecule has 0 aliphatic carbocycles. The highest BCUT2D eigenvalue weighted by atomic mass is 35.5. The lowest BCUT2D eigenvalue weighted by atomic mass is 10.1. The van der Waals surface area contributed by atoms with Gasteiger partial charge in [0.15, 0.2) is 5.13 Å². The van der Waals surface area contributed by atoms with Gasteiger partial charge in [-0.2, -0.15) is 0 Å². The van der Waals surface area contributed by atoms with Crippen LogP contribution in [-0.2, 0) is 14.8 Å². The van der Waals surface area contributed by atoms with Crippen LogP contribution >= 0.6 is 23.7 Å². The lowest BCUT2D eigenvalue weighted by molar-refractivity contribution is 0.0376. The van der Waals surface area contributed by atoms with Crippen molar-refractivity contribution >= 4 is 60.7 Å². The fourth-order valence-electron chi connectivity index (χ4n) is 5.03. The van der Waals surface area contributed by atoms with Crippen molar-refractivity contribution in [2.45, 2.75) is 32.1 Å². The summed E-state index contributed by atoms with van der Waals surface area (Å²) in [6.45, 7) is 10.8. The molecule has 2 heterocycles. The Labute approximate surface area is 258 Å². The third-order valence-corrected chi connectivity index (χ3v) is 10.5. The van der Waals surface area contributed by atoms with Crippen LogP contribution in [0, 0.1) is 13.8 Å². The van der Waals surface area contributed by atoms with E-state index >= 15 is 0 Å². The molecule has 0 radical (unpaired) electrons. The number of amides is 1. The summed E-state index contributed by atoms with van der Waals surface area (Å²) in [6.07, 6.45) is 0.786. The molecule has 1 amide bonds. The fourth-order valence-corrected chi connectivity index (χ4v) is 7.55. The van der Waals surface area contributed by atoms with Crippen LogP contribution in [0.1, 0.15) is 34.8 Å². The Bertz CT molecular complexity index is 1610. The van der Waals surface area contributed by atoms with Gasteiger partial charge in [0.1, 0.15) is 0 Å². The number of aryl methyl sites for hydroxylation is 2. The van der Waals surface area contributed by atoms with Crippen molar-refractivity contribution < 1.29 is 17.9 Å². The van der Waals surface area contributed by atoms with Gasteiger partial charge >= 0.3 is 0 Å². The second kappa shape index (κ2) is 14.0. The first-order valence-corrected chi connectivity index (χ1v) is 16.2. The highest BCUT2D eigenvalue weighted by Crippen LogP contribution is 2.33. The Morgan fingerprint density at radius 3 is 2.36 bits per heavy atom. The monoisotopic (exact) mass is 628 g/mol. The van der Waals surface area contributed by atoms with E-state index in [1.54, 1.807) is 36.1 Å². The molecule has 8 nitrogen and oxygen atoms in total. The molecule has 0 N–H and O–H groups in total. The van der Waals surface area contributed by atoms with Gasteiger partial charge in [-0.3, -0.25) is 18.9 Å². The molecule has 1 aromatic heterocycles. The number of aromatic nitrogens is 1. The summed E-state index contributed by atoms with van der Waals surface area (Å²) in [4.78, 5) is 23.1. The quantitative estimate of drug-likeness (QED) is 0.217. The molecule has 11 heteroatoms. The first-order chi connectivity index (χ1) is 19.8. The van der Waals surface area contributed by atoms with Crippen molar-refractivity contribution in [2.75, 3.05) is 55.1 Å². The number of hydrogen-bond acceptors (Lipinski definition) is 7. The number of ether oxygens (including phenoxy) is 1. The zero-order chi connectivity index (χ0) is 29.0. The molecule has 0 atom stereocenters. The molecule has 42 heavy (non-hydrogen) atoms. The third-order valence-electron chi connectivity index (χ3n) is 7.53. The fraction of sp³-hybridized carbons (Fsp3) is 0.355. The van der Waals surface area contributed by atoms with Gasteiger partial charge in [-0.05, 0) is 80.8 Å². The van der Waals surface area contributed by atoms with E-state index < -0.39 is 10.0 Å². The Hall–Kier alpha value is -3.02. The van der Waals surface area contributed by atoms with Crippen molar-refractivity contribution in [1.82, 2.24) is 9.88 Å². The molecule has 224 valence electrons. The van der Waals surface area contributed by atoms with Crippen LogP contribution in [-0.4, -0.2) is 70.1 Å². The highest BCUT2D eigenvalue weighted by Gasteiger charge is 2.26. The standard InChI is InChI=1S/C31H36N4O4S2.ClH/c1-4-35(26-9-6-5-7-10-26)41(37,38)27-14-12-25(13-15-27)30(36)34(18-8-17-33-19-21-39-22-20-33)31-32-29-24(3)23(2)11-16-28(29)40-31;/h5-7,9-16H,4,8,17-22H2,1-3H3;1H. The van der Waals surface area contributed by atoms with E-state index in [4.69, 9.17) is 9.72 Å². The molecule has 1 aliphatic rings. The normalized spacial score (nSPS) is 14.0. The number of halogens is 1. The minimum absolute atomic E-state index is 0. The molecule has 0 spiro atoms. The zero-order valence-corrected chi connectivity index (χ0v) is 26.6. The van der Waals surface area contributed by atoms with Crippen molar-refractivity contribution in [3.05, 3.63) is 83.4 Å². The van der Waals surface area contributed by atoms with Gasteiger partial charge in [-0.25, -0.2) is 13.4 Å². The summed E-state index contributed by atoms with van der Waals surface area (Å²) in [5.74, 6) is -0.195. The largest absolute Gasteiger partial charge is 0.379 e. The van der Waals surface area contributed by atoms with Crippen molar-refractivity contribution in [3.8, 4) is 0 Å². The average molecular weight is 629 g/mol. The van der Waals surface area contributed by atoms with Crippen molar-refractivity contribution in [2.24, 2.45) is 0 Å². The van der Waals surface area contributed by atoms with Crippen molar-refractivity contribution in [3.63, 3.8) is 0 Å². The van der Waals surface area contributed by atoms with Crippen molar-refractivity contribution in [1.29, 1.82) is 0 Å². The third kappa shape index (κ3) is 6.79. The Morgan fingerprint density at radius 2 is 1.69 bits per heavy atom. The minimum atomic E-state index is -3.79. The lowest BCUT2D eigenvalue weighted by Gasteiger charge is -2.27. The van der Waals surface area contributed by atoms with Gasteiger partial charge < -0.3 is 4.74 Å². The van der Waals surface area contributed by atoms with Gasteiger partial charge in [-0.1, -0.05) is 35.6 Å². The van der Waals surface area contributed by atoms with E-state index in [1.165, 1.54) is 27.8 Å². The Kier molecular flexibility index (Phi) is 10.6. The van der Waals surface area contributed by atoms with Gasteiger partial charge in [0.05, 0.1) is 34.0 Å². The molecular formula is C31H37ClN4O4S2. The molecule has 1 saturated heterocycles. The number of benzene rings is 3. The van der Waals surface area contributed by atoms with Gasteiger partial charge in [0, 0.05) is 38.3 Å². The SMILES string of the molecule is CCN(c1ccccc1)S(=O)(=O)c1ccc(C(=O)N(CCCN2CCOCC2)c2nc3c(C)c(C)ccc3s2)cc1.Cl. The number of hydrogen-bond donors (Lipinski definition) is 0. The summed E-state index contributed by atoms with van der Waals surface area (Å²) < 4.78 is 34.8. The lowest BCUT2D eigenvalue weighted by Crippen LogP contribution is -2.39. The van der Waals surface area contributed by atoms with E-state index in [2.05, 4.69) is 30.9 Å². The zero-order valence-electron chi connectivity index (χ0n) is 24.2. The first kappa shape index (κ1) is 31.9. The van der Waals surface area contributed by atoms with E-state index in [0.717, 1.165) is 60.6 Å². The molecular weight excluding hydrogens is 592 g/mol. The van der Waals surface area contributed by atoms with Crippen LogP contribution in [0.25, 0.3) is 10.2 Å². The first-order valence-electron chi connectivity index (χ1n) is 14.0. The number of carbonyl (C=O) groups is 1. The Balaban J connectivity index is 0.00000405. The second-order valence-electron chi connectivity index (χ2n) is 10.1. The molecule has 5 rings (SSSR count). The maximum absolute atomic E-state index is 13.9. The molecule has 1 fully saturated rings. The number of rotatable bonds is 10. The maximum atomic E-state index is 13.9. The molecule has 0 saturated carbocycles. The summed E-state index contributed by atoms with van der Waals surface area (Å²) in [6, 6.07) is 19.4. The van der Waals surface area contributed by atoms with Gasteiger partial charge in [0.25, 0.3) is 15.9 Å². The molecule has 1 aliphatic heterocycles. The predicted octanol–water partition coefficient (Wildman–Crippen LogP) is 5.92. The summed E-state index contributed by atoms with van der Waals surface area (Å²) in [5, 5.41) is 0.651. The summed E-state index contributed by atoms with van der Waals surface area (Å²) >= 11 is 1.51. The van der Waals surface area contributed by atoms with E-state index in [9.17, 15) is 13.2 Å². The van der Waals surface area contributed by atoms with Crippen LogP contribution in [0.15, 0.2) is 71.6 Å². The van der Waals surface area contributed by atoms with Crippen LogP contribution in [0.3, 0.4) is 0 Å². The number of anilines is 2. The maximum Gasteiger partial charge on any atom is 0.264 e. The van der Waals surface area contributed by atoms with E-state index in [0.29, 0.717) is 29.5 Å².